The summed E-state index contributed by atoms with van der Waals surface area (Å²) in [6, 6.07) is 13.0. The average Bonchev–Trinajstić information content (AvgIpc) is 2.96. The lowest BCUT2D eigenvalue weighted by molar-refractivity contribution is 0.0757. The number of aliphatic hydroxyl groups excluding tert-OH is 1. The maximum atomic E-state index is 13.0. The topological polar surface area (TPSA) is 46.5 Å². The molecule has 23 heavy (non-hydrogen) atoms. The number of carbonyl (C=O) groups excluding carboxylic acids is 1. The lowest BCUT2D eigenvalue weighted by Gasteiger charge is -2.20. The molecule has 1 saturated heterocycles. The van der Waals surface area contributed by atoms with Gasteiger partial charge in [-0.05, 0) is 42.0 Å². The minimum absolute atomic E-state index is 0.117. The van der Waals surface area contributed by atoms with Crippen LogP contribution in [-0.4, -0.2) is 29.9 Å². The van der Waals surface area contributed by atoms with E-state index in [0.29, 0.717) is 11.3 Å². The zero-order chi connectivity index (χ0) is 16.4. The summed E-state index contributed by atoms with van der Waals surface area (Å²) in [6.45, 7) is 0. The Balaban J connectivity index is 1.88. The Hall–Kier alpha value is -1.85. The van der Waals surface area contributed by atoms with Gasteiger partial charge < -0.3 is 9.84 Å². The van der Waals surface area contributed by atoms with E-state index in [1.807, 2.05) is 24.3 Å². The number of methoxy groups -OCH3 is 1. The van der Waals surface area contributed by atoms with Crippen LogP contribution in [0.25, 0.3) is 0 Å². The van der Waals surface area contributed by atoms with Gasteiger partial charge in [-0.25, -0.2) is 4.39 Å². The highest BCUT2D eigenvalue weighted by atomic mass is 32.2. The van der Waals surface area contributed by atoms with E-state index in [2.05, 4.69) is 0 Å². The first-order valence-corrected chi connectivity index (χ1v) is 8.38. The van der Waals surface area contributed by atoms with Gasteiger partial charge in [0.25, 0.3) is 0 Å². The number of carbonyl (C=O) groups is 1. The molecule has 0 bridgehead atoms. The van der Waals surface area contributed by atoms with Crippen molar-refractivity contribution < 1.29 is 19.0 Å². The highest BCUT2D eigenvalue weighted by Gasteiger charge is 2.41. The first-order valence-electron chi connectivity index (χ1n) is 7.33. The minimum atomic E-state index is -0.704. The van der Waals surface area contributed by atoms with Crippen LogP contribution < -0.4 is 4.74 Å². The van der Waals surface area contributed by atoms with Crippen LogP contribution in [0.5, 0.6) is 5.75 Å². The molecule has 1 aliphatic heterocycles. The summed E-state index contributed by atoms with van der Waals surface area (Å²) in [5, 5.41) is 10.2. The Morgan fingerprint density at radius 1 is 1.17 bits per heavy atom. The molecular weight excluding hydrogens is 315 g/mol. The molecule has 0 amide bonds. The van der Waals surface area contributed by atoms with Gasteiger partial charge in [0.2, 0.25) is 0 Å². The fourth-order valence-electron chi connectivity index (χ4n) is 2.83. The maximum absolute atomic E-state index is 13.0. The monoisotopic (exact) mass is 332 g/mol. The van der Waals surface area contributed by atoms with Gasteiger partial charge in [0, 0.05) is 16.6 Å². The van der Waals surface area contributed by atoms with Gasteiger partial charge in [-0.1, -0.05) is 12.1 Å². The molecule has 0 unspecified atom stereocenters. The van der Waals surface area contributed by atoms with Crippen molar-refractivity contribution in [2.75, 3.05) is 12.9 Å². The van der Waals surface area contributed by atoms with E-state index >= 15 is 0 Å². The van der Waals surface area contributed by atoms with E-state index in [1.54, 1.807) is 18.9 Å². The molecule has 1 N–H and O–H groups in total. The van der Waals surface area contributed by atoms with Gasteiger partial charge in [0.15, 0.2) is 5.78 Å². The number of Topliss-reactive ketones (excluding diaryl/α,β-unsaturated/α-hetero) is 1. The summed E-state index contributed by atoms with van der Waals surface area (Å²) in [6.07, 6.45) is -0.704. The Bertz CT molecular complexity index is 684. The number of hydrogen-bond acceptors (Lipinski definition) is 4. The molecule has 1 aliphatic rings. The van der Waals surface area contributed by atoms with E-state index in [4.69, 9.17) is 4.74 Å². The van der Waals surface area contributed by atoms with Crippen molar-refractivity contribution in [3.63, 3.8) is 0 Å². The normalized spacial score (nSPS) is 23.7. The largest absolute Gasteiger partial charge is 0.497 e. The van der Waals surface area contributed by atoms with Gasteiger partial charge in [0.05, 0.1) is 19.1 Å². The number of halogens is 1. The molecule has 2 aromatic carbocycles. The van der Waals surface area contributed by atoms with Crippen molar-refractivity contribution in [3.05, 3.63) is 65.5 Å². The summed E-state index contributed by atoms with van der Waals surface area (Å²) in [4.78, 5) is 12.8. The van der Waals surface area contributed by atoms with Crippen LogP contribution in [0.15, 0.2) is 48.5 Å². The molecule has 0 aromatic heterocycles. The van der Waals surface area contributed by atoms with Crippen molar-refractivity contribution >= 4 is 17.5 Å². The standard InChI is InChI=1S/C18H17FO3S/c1-22-14-8-4-12(5-9-14)18-16(15(20)10-23-18)17(21)11-2-6-13(19)7-3-11/h2-9,15-16,18,20H,10H2,1H3/t15-,16+,18+/m1/s1. The van der Waals surface area contributed by atoms with Gasteiger partial charge in [0.1, 0.15) is 11.6 Å². The molecule has 0 radical (unpaired) electrons. The second kappa shape index (κ2) is 6.72. The first kappa shape index (κ1) is 16.0. The Morgan fingerprint density at radius 3 is 2.43 bits per heavy atom. The third-order valence-corrected chi connectivity index (χ3v) is 5.52. The molecule has 1 fully saturated rings. The van der Waals surface area contributed by atoms with Crippen LogP contribution in [0.1, 0.15) is 21.2 Å². The number of hydrogen-bond donors (Lipinski definition) is 1. The summed E-state index contributed by atoms with van der Waals surface area (Å²) >= 11 is 1.57. The molecule has 1 heterocycles. The van der Waals surface area contributed by atoms with E-state index in [0.717, 1.165) is 11.3 Å². The van der Waals surface area contributed by atoms with Crippen molar-refractivity contribution in [1.29, 1.82) is 0 Å². The van der Waals surface area contributed by atoms with Crippen LogP contribution in [0.3, 0.4) is 0 Å². The minimum Gasteiger partial charge on any atom is -0.497 e. The molecule has 3 nitrogen and oxygen atoms in total. The zero-order valence-electron chi connectivity index (χ0n) is 12.6. The lowest BCUT2D eigenvalue weighted by atomic mass is 9.87. The maximum Gasteiger partial charge on any atom is 0.170 e. The van der Waals surface area contributed by atoms with Crippen LogP contribution in [-0.2, 0) is 0 Å². The van der Waals surface area contributed by atoms with Crippen LogP contribution in [0.4, 0.5) is 4.39 Å². The second-order valence-corrected chi connectivity index (χ2v) is 6.67. The van der Waals surface area contributed by atoms with Crippen LogP contribution in [0, 0.1) is 11.7 Å². The van der Waals surface area contributed by atoms with Crippen LogP contribution >= 0.6 is 11.8 Å². The summed E-state index contributed by atoms with van der Waals surface area (Å²) in [5.41, 5.74) is 1.41. The highest BCUT2D eigenvalue weighted by Crippen LogP contribution is 2.46. The number of thioether (sulfide) groups is 1. The number of rotatable bonds is 4. The number of aliphatic hydroxyl groups is 1. The van der Waals surface area contributed by atoms with Crippen molar-refractivity contribution in [2.45, 2.75) is 11.4 Å². The summed E-state index contributed by atoms with van der Waals surface area (Å²) in [5.74, 6) is 0.198. The van der Waals surface area contributed by atoms with Gasteiger partial charge >= 0.3 is 0 Å². The molecule has 0 spiro atoms. The Kier molecular flexibility index (Phi) is 4.68. The smallest absolute Gasteiger partial charge is 0.170 e. The number of ether oxygens (including phenoxy) is 1. The van der Waals surface area contributed by atoms with Gasteiger partial charge in [-0.2, -0.15) is 11.8 Å². The third kappa shape index (κ3) is 3.26. The third-order valence-electron chi connectivity index (χ3n) is 4.06. The SMILES string of the molecule is COc1ccc([C@@H]2SC[C@@H](O)[C@H]2C(=O)c2ccc(F)cc2)cc1. The fourth-order valence-corrected chi connectivity index (χ4v) is 4.30. The van der Waals surface area contributed by atoms with E-state index < -0.39 is 12.0 Å². The number of ketones is 1. The Morgan fingerprint density at radius 2 is 1.83 bits per heavy atom. The summed E-state index contributed by atoms with van der Waals surface area (Å²) in [7, 11) is 1.60. The first-order chi connectivity index (χ1) is 11.1. The molecule has 3 atom stereocenters. The molecular formula is C18H17FO3S. The highest BCUT2D eigenvalue weighted by molar-refractivity contribution is 7.99. The van der Waals surface area contributed by atoms with Crippen molar-refractivity contribution in [3.8, 4) is 5.75 Å². The zero-order valence-corrected chi connectivity index (χ0v) is 13.4. The predicted octanol–water partition coefficient (Wildman–Crippen LogP) is 3.48. The fraction of sp³-hybridized carbons (Fsp3) is 0.278. The average molecular weight is 332 g/mol. The lowest BCUT2D eigenvalue weighted by Crippen LogP contribution is -2.28. The van der Waals surface area contributed by atoms with E-state index in [1.165, 1.54) is 24.3 Å². The van der Waals surface area contributed by atoms with Crippen molar-refractivity contribution in [2.24, 2.45) is 5.92 Å². The molecule has 5 heteroatoms. The second-order valence-electron chi connectivity index (χ2n) is 5.49. The Labute approximate surface area is 138 Å². The molecule has 0 aliphatic carbocycles. The van der Waals surface area contributed by atoms with Gasteiger partial charge in [-0.3, -0.25) is 4.79 Å². The van der Waals surface area contributed by atoms with Gasteiger partial charge in [-0.15, -0.1) is 0 Å². The molecule has 120 valence electrons. The quantitative estimate of drug-likeness (QED) is 0.871. The molecule has 2 aromatic rings. The molecule has 3 rings (SSSR count). The number of benzene rings is 2. The van der Waals surface area contributed by atoms with E-state index in [-0.39, 0.29) is 16.9 Å². The predicted molar refractivity (Wildman–Crippen MR) is 88.4 cm³/mol. The molecule has 0 saturated carbocycles. The van der Waals surface area contributed by atoms with E-state index in [9.17, 15) is 14.3 Å². The van der Waals surface area contributed by atoms with Crippen LogP contribution in [0.2, 0.25) is 0 Å². The van der Waals surface area contributed by atoms with Crippen molar-refractivity contribution in [1.82, 2.24) is 0 Å². The summed E-state index contributed by atoms with van der Waals surface area (Å²) < 4.78 is 18.2.